The van der Waals surface area contributed by atoms with Crippen molar-refractivity contribution in [2.75, 3.05) is 0 Å². The zero-order chi connectivity index (χ0) is 14.8. The highest BCUT2D eigenvalue weighted by molar-refractivity contribution is 5.95. The van der Waals surface area contributed by atoms with Gasteiger partial charge in [0, 0.05) is 11.6 Å². The van der Waals surface area contributed by atoms with Crippen molar-refractivity contribution in [2.45, 2.75) is 0 Å². The summed E-state index contributed by atoms with van der Waals surface area (Å²) in [6.07, 6.45) is 1.58. The van der Waals surface area contributed by atoms with Crippen LogP contribution in [0.1, 0.15) is 0 Å². The van der Waals surface area contributed by atoms with Gasteiger partial charge in [-0.3, -0.25) is 0 Å². The summed E-state index contributed by atoms with van der Waals surface area (Å²) in [6, 6.07) is 11.2. The number of benzene rings is 2. The molecular weight excluding hydrogens is 270 g/mol. The molecule has 0 bridgehead atoms. The molecule has 0 spiro atoms. The summed E-state index contributed by atoms with van der Waals surface area (Å²) in [5.74, 6) is -0.353. The number of azo groups is 1. The summed E-state index contributed by atoms with van der Waals surface area (Å²) in [6.45, 7) is 0. The SMILES string of the molecule is Oc1ccc2cc(N=Nc3ccccn3)c(O)c(O)c2c1. The summed E-state index contributed by atoms with van der Waals surface area (Å²) in [7, 11) is 0. The fraction of sp³-hybridized carbons (Fsp3) is 0. The van der Waals surface area contributed by atoms with Crippen molar-refractivity contribution in [1.82, 2.24) is 4.98 Å². The third-order valence-corrected chi connectivity index (χ3v) is 2.96. The average molecular weight is 281 g/mol. The fourth-order valence-electron chi connectivity index (χ4n) is 1.93. The summed E-state index contributed by atoms with van der Waals surface area (Å²) in [4.78, 5) is 3.98. The van der Waals surface area contributed by atoms with Crippen molar-refractivity contribution >= 4 is 22.3 Å². The van der Waals surface area contributed by atoms with Crippen LogP contribution in [0.25, 0.3) is 10.8 Å². The van der Waals surface area contributed by atoms with Gasteiger partial charge in [0.1, 0.15) is 11.4 Å². The molecule has 3 N–H and O–H groups in total. The van der Waals surface area contributed by atoms with Crippen LogP contribution in [0.15, 0.2) is 58.9 Å². The van der Waals surface area contributed by atoms with Gasteiger partial charge in [0.15, 0.2) is 17.3 Å². The molecule has 0 aliphatic rings. The number of aromatic nitrogens is 1. The molecule has 1 heterocycles. The first-order valence-corrected chi connectivity index (χ1v) is 6.15. The molecule has 0 atom stereocenters. The normalized spacial score (nSPS) is 11.2. The molecule has 0 unspecified atom stereocenters. The van der Waals surface area contributed by atoms with Crippen molar-refractivity contribution in [3.05, 3.63) is 48.7 Å². The van der Waals surface area contributed by atoms with Crippen LogP contribution in [0, 0.1) is 0 Å². The molecule has 0 amide bonds. The van der Waals surface area contributed by atoms with E-state index in [1.807, 2.05) is 0 Å². The van der Waals surface area contributed by atoms with Crippen molar-refractivity contribution < 1.29 is 15.3 Å². The molecule has 1 aromatic heterocycles. The van der Waals surface area contributed by atoms with Crippen LogP contribution in [0.5, 0.6) is 17.2 Å². The molecule has 21 heavy (non-hydrogen) atoms. The Balaban J connectivity index is 2.09. The van der Waals surface area contributed by atoms with E-state index in [-0.39, 0.29) is 17.2 Å². The van der Waals surface area contributed by atoms with Crippen LogP contribution >= 0.6 is 0 Å². The standard InChI is InChI=1S/C15H11N3O3/c19-10-5-4-9-7-12(15(21)14(20)11(9)8-10)17-18-13-3-1-2-6-16-13/h1-8,19-21H. The van der Waals surface area contributed by atoms with Crippen molar-refractivity contribution in [2.24, 2.45) is 10.2 Å². The molecule has 0 aliphatic heterocycles. The molecule has 3 aromatic rings. The zero-order valence-corrected chi connectivity index (χ0v) is 10.8. The van der Waals surface area contributed by atoms with E-state index in [1.165, 1.54) is 12.1 Å². The minimum Gasteiger partial charge on any atom is -0.508 e. The maximum absolute atomic E-state index is 9.98. The lowest BCUT2D eigenvalue weighted by molar-refractivity contribution is 0.409. The Kier molecular flexibility index (Phi) is 3.12. The second-order valence-corrected chi connectivity index (χ2v) is 4.39. The molecule has 0 saturated heterocycles. The van der Waals surface area contributed by atoms with Crippen LogP contribution in [-0.2, 0) is 0 Å². The third-order valence-electron chi connectivity index (χ3n) is 2.96. The summed E-state index contributed by atoms with van der Waals surface area (Å²) >= 11 is 0. The lowest BCUT2D eigenvalue weighted by atomic mass is 10.1. The highest BCUT2D eigenvalue weighted by atomic mass is 16.3. The number of phenols is 3. The minimum absolute atomic E-state index is 0.0000573. The maximum Gasteiger partial charge on any atom is 0.186 e. The summed E-state index contributed by atoms with van der Waals surface area (Å²) in [5, 5.41) is 38.1. The number of pyridine rings is 1. The van der Waals surface area contributed by atoms with Gasteiger partial charge in [-0.25, -0.2) is 4.98 Å². The molecule has 6 nitrogen and oxygen atoms in total. The van der Waals surface area contributed by atoms with Gasteiger partial charge in [-0.1, -0.05) is 12.1 Å². The highest BCUT2D eigenvalue weighted by Crippen LogP contribution is 2.43. The predicted molar refractivity (Wildman–Crippen MR) is 77.4 cm³/mol. The van der Waals surface area contributed by atoms with Crippen molar-refractivity contribution in [1.29, 1.82) is 0 Å². The monoisotopic (exact) mass is 281 g/mol. The summed E-state index contributed by atoms with van der Waals surface area (Å²) in [5.41, 5.74) is 0.122. The molecular formula is C15H11N3O3. The number of aromatic hydroxyl groups is 3. The number of phenolic OH excluding ortho intramolecular Hbond substituents is 3. The first kappa shape index (κ1) is 12.9. The van der Waals surface area contributed by atoms with Gasteiger partial charge < -0.3 is 15.3 Å². The number of fused-ring (bicyclic) bond motifs is 1. The number of nitrogens with zero attached hydrogens (tertiary/aromatic N) is 3. The van der Waals surface area contributed by atoms with E-state index in [0.717, 1.165) is 0 Å². The Morgan fingerprint density at radius 2 is 1.71 bits per heavy atom. The lowest BCUT2D eigenvalue weighted by Gasteiger charge is -2.06. The van der Waals surface area contributed by atoms with Crippen molar-refractivity contribution in [3.63, 3.8) is 0 Å². The zero-order valence-electron chi connectivity index (χ0n) is 10.8. The van der Waals surface area contributed by atoms with Crippen LogP contribution in [0.4, 0.5) is 11.5 Å². The third kappa shape index (κ3) is 2.46. The van der Waals surface area contributed by atoms with Gasteiger partial charge in [0.05, 0.1) is 0 Å². The van der Waals surface area contributed by atoms with Gasteiger partial charge in [0.25, 0.3) is 0 Å². The van der Waals surface area contributed by atoms with Gasteiger partial charge in [-0.2, -0.15) is 0 Å². The second kappa shape index (κ2) is 5.09. The topological polar surface area (TPSA) is 98.3 Å². The van der Waals surface area contributed by atoms with E-state index >= 15 is 0 Å². The molecule has 0 radical (unpaired) electrons. The molecule has 6 heteroatoms. The Morgan fingerprint density at radius 1 is 0.857 bits per heavy atom. The Hall–Kier alpha value is -3.15. The molecule has 2 aromatic carbocycles. The molecule has 104 valence electrons. The second-order valence-electron chi connectivity index (χ2n) is 4.39. The number of hydrogen-bond donors (Lipinski definition) is 3. The summed E-state index contributed by atoms with van der Waals surface area (Å²) < 4.78 is 0. The van der Waals surface area contributed by atoms with E-state index in [0.29, 0.717) is 16.6 Å². The molecule has 0 fully saturated rings. The van der Waals surface area contributed by atoms with Gasteiger partial charge in [-0.15, -0.1) is 10.2 Å². The molecule has 0 aliphatic carbocycles. The first-order chi connectivity index (χ1) is 10.1. The predicted octanol–water partition coefficient (Wildman–Crippen LogP) is 3.77. The maximum atomic E-state index is 9.98. The fourth-order valence-corrected chi connectivity index (χ4v) is 1.93. The highest BCUT2D eigenvalue weighted by Gasteiger charge is 2.12. The van der Waals surface area contributed by atoms with E-state index in [4.69, 9.17) is 0 Å². The van der Waals surface area contributed by atoms with Crippen LogP contribution < -0.4 is 0 Å². The Bertz CT molecular complexity index is 832. The van der Waals surface area contributed by atoms with Crippen LogP contribution in [0.2, 0.25) is 0 Å². The van der Waals surface area contributed by atoms with E-state index in [1.54, 1.807) is 36.5 Å². The minimum atomic E-state index is -0.396. The smallest absolute Gasteiger partial charge is 0.186 e. The first-order valence-electron chi connectivity index (χ1n) is 6.15. The average Bonchev–Trinajstić information content (AvgIpc) is 2.51. The van der Waals surface area contributed by atoms with Gasteiger partial charge >= 0.3 is 0 Å². The number of rotatable bonds is 2. The van der Waals surface area contributed by atoms with Crippen molar-refractivity contribution in [3.8, 4) is 17.2 Å². The molecule has 0 saturated carbocycles. The molecule has 3 rings (SSSR count). The van der Waals surface area contributed by atoms with Crippen LogP contribution in [0.3, 0.4) is 0 Å². The Morgan fingerprint density at radius 3 is 2.48 bits per heavy atom. The largest absolute Gasteiger partial charge is 0.508 e. The number of hydrogen-bond acceptors (Lipinski definition) is 6. The van der Waals surface area contributed by atoms with Crippen LogP contribution in [-0.4, -0.2) is 20.3 Å². The van der Waals surface area contributed by atoms with E-state index < -0.39 is 5.75 Å². The van der Waals surface area contributed by atoms with E-state index in [2.05, 4.69) is 15.2 Å². The van der Waals surface area contributed by atoms with Gasteiger partial charge in [-0.05, 0) is 35.7 Å². The Labute approximate surface area is 119 Å². The quantitative estimate of drug-likeness (QED) is 0.492. The van der Waals surface area contributed by atoms with E-state index in [9.17, 15) is 15.3 Å². The lowest BCUT2D eigenvalue weighted by Crippen LogP contribution is -1.78. The van der Waals surface area contributed by atoms with Gasteiger partial charge in [0.2, 0.25) is 0 Å².